The number of para-hydroxylation sites is 1. The van der Waals surface area contributed by atoms with Crippen LogP contribution in [0, 0.1) is 0 Å². The number of hydrogen-bond donors (Lipinski definition) is 1. The lowest BCUT2D eigenvalue weighted by molar-refractivity contribution is 0.462. The number of rotatable bonds is 2. The molecular weight excluding hydrogens is 371 g/mol. The van der Waals surface area contributed by atoms with Crippen LogP contribution < -0.4 is 10.5 Å². The number of halogens is 3. The Hall–Kier alpha value is -0.780. The SMILES string of the molecule is Nc1cccc(Br)c1Oc1ncc(Br)cc1Cl. The normalized spacial score (nSPS) is 10.3. The molecule has 1 heterocycles. The van der Waals surface area contributed by atoms with E-state index in [9.17, 15) is 0 Å². The third-order valence-corrected chi connectivity index (χ3v) is 3.30. The first-order chi connectivity index (χ1) is 8.08. The maximum absolute atomic E-state index is 6.01. The van der Waals surface area contributed by atoms with Crippen molar-refractivity contribution in [2.24, 2.45) is 0 Å². The molecule has 0 fully saturated rings. The number of anilines is 1. The van der Waals surface area contributed by atoms with Gasteiger partial charge in [0.05, 0.1) is 10.2 Å². The fraction of sp³-hybridized carbons (Fsp3) is 0. The Morgan fingerprint density at radius 2 is 2.06 bits per heavy atom. The van der Waals surface area contributed by atoms with Crippen molar-refractivity contribution in [3.63, 3.8) is 0 Å². The van der Waals surface area contributed by atoms with Crippen LogP contribution in [0.4, 0.5) is 5.69 Å². The molecule has 0 aliphatic carbocycles. The van der Waals surface area contributed by atoms with Gasteiger partial charge in [-0.3, -0.25) is 0 Å². The molecule has 2 N–H and O–H groups in total. The number of benzene rings is 1. The van der Waals surface area contributed by atoms with Crippen molar-refractivity contribution in [3.05, 3.63) is 44.4 Å². The van der Waals surface area contributed by atoms with E-state index in [0.29, 0.717) is 22.3 Å². The summed E-state index contributed by atoms with van der Waals surface area (Å²) in [5, 5.41) is 0.412. The van der Waals surface area contributed by atoms with Gasteiger partial charge in [-0.25, -0.2) is 4.98 Å². The molecule has 0 saturated heterocycles. The molecule has 3 nitrogen and oxygen atoms in total. The quantitative estimate of drug-likeness (QED) is 0.775. The highest BCUT2D eigenvalue weighted by Gasteiger charge is 2.10. The van der Waals surface area contributed by atoms with Gasteiger partial charge < -0.3 is 10.5 Å². The highest BCUT2D eigenvalue weighted by atomic mass is 79.9. The van der Waals surface area contributed by atoms with Gasteiger partial charge >= 0.3 is 0 Å². The summed E-state index contributed by atoms with van der Waals surface area (Å²) in [7, 11) is 0. The van der Waals surface area contributed by atoms with Gasteiger partial charge in [0.1, 0.15) is 5.02 Å². The minimum absolute atomic E-state index is 0.313. The highest BCUT2D eigenvalue weighted by molar-refractivity contribution is 9.10. The fourth-order valence-electron chi connectivity index (χ4n) is 1.21. The van der Waals surface area contributed by atoms with Crippen LogP contribution >= 0.6 is 43.5 Å². The topological polar surface area (TPSA) is 48.1 Å². The summed E-state index contributed by atoms with van der Waals surface area (Å²) in [6, 6.07) is 7.10. The first kappa shape index (κ1) is 12.7. The zero-order chi connectivity index (χ0) is 12.4. The Balaban J connectivity index is 2.38. The lowest BCUT2D eigenvalue weighted by atomic mass is 10.3. The van der Waals surface area contributed by atoms with Gasteiger partial charge in [-0.1, -0.05) is 17.7 Å². The molecule has 1 aromatic heterocycles. The lowest BCUT2D eigenvalue weighted by Gasteiger charge is -2.10. The molecule has 17 heavy (non-hydrogen) atoms. The summed E-state index contributed by atoms with van der Waals surface area (Å²) >= 11 is 12.6. The molecule has 1 aromatic carbocycles. The number of nitrogen functional groups attached to an aromatic ring is 1. The van der Waals surface area contributed by atoms with Gasteiger partial charge in [0.2, 0.25) is 5.88 Å². The van der Waals surface area contributed by atoms with Gasteiger partial charge in [-0.2, -0.15) is 0 Å². The number of ether oxygens (including phenoxy) is 1. The van der Waals surface area contributed by atoms with E-state index in [1.807, 2.05) is 12.1 Å². The Bertz CT molecular complexity index is 543. The van der Waals surface area contributed by atoms with E-state index in [0.717, 1.165) is 8.95 Å². The van der Waals surface area contributed by atoms with Crippen LogP contribution in [0.15, 0.2) is 39.4 Å². The third kappa shape index (κ3) is 2.91. The second kappa shape index (κ2) is 5.25. The average Bonchev–Trinajstić information content (AvgIpc) is 2.26. The molecule has 2 aromatic rings. The standard InChI is InChI=1S/C11H7Br2ClN2O/c12-6-4-8(14)11(16-5-6)17-10-7(13)2-1-3-9(10)15/h1-5H,15H2. The summed E-state index contributed by atoms with van der Waals surface area (Å²) < 4.78 is 7.13. The van der Waals surface area contributed by atoms with Crippen molar-refractivity contribution in [1.82, 2.24) is 4.98 Å². The predicted molar refractivity (Wildman–Crippen MR) is 75.6 cm³/mol. The summed E-state index contributed by atoms with van der Waals surface area (Å²) in [5.74, 6) is 0.817. The largest absolute Gasteiger partial charge is 0.434 e. The minimum atomic E-state index is 0.313. The first-order valence-corrected chi connectivity index (χ1v) is 6.57. The Labute approximate surface area is 120 Å². The van der Waals surface area contributed by atoms with Gasteiger partial charge in [-0.15, -0.1) is 0 Å². The average molecular weight is 378 g/mol. The second-order valence-electron chi connectivity index (χ2n) is 3.20. The summed E-state index contributed by atoms with van der Waals surface area (Å²) in [5.41, 5.74) is 6.33. The molecule has 0 saturated carbocycles. The molecule has 2 rings (SSSR count). The van der Waals surface area contributed by atoms with Crippen molar-refractivity contribution >= 4 is 49.1 Å². The van der Waals surface area contributed by atoms with Crippen LogP contribution in [0.3, 0.4) is 0 Å². The fourth-order valence-corrected chi connectivity index (χ4v) is 2.34. The number of aromatic nitrogens is 1. The zero-order valence-electron chi connectivity index (χ0n) is 8.45. The molecule has 0 spiro atoms. The van der Waals surface area contributed by atoms with Crippen molar-refractivity contribution in [1.29, 1.82) is 0 Å². The van der Waals surface area contributed by atoms with E-state index < -0.39 is 0 Å². The number of hydrogen-bond acceptors (Lipinski definition) is 3. The van der Waals surface area contributed by atoms with Crippen molar-refractivity contribution in [2.75, 3.05) is 5.73 Å². The number of nitrogens with zero attached hydrogens (tertiary/aromatic N) is 1. The van der Waals surface area contributed by atoms with Crippen molar-refractivity contribution in [2.45, 2.75) is 0 Å². The van der Waals surface area contributed by atoms with Crippen molar-refractivity contribution < 1.29 is 4.74 Å². The van der Waals surface area contributed by atoms with E-state index in [1.54, 1.807) is 18.3 Å². The molecule has 0 aliphatic heterocycles. The second-order valence-corrected chi connectivity index (χ2v) is 5.38. The zero-order valence-corrected chi connectivity index (χ0v) is 12.4. The smallest absolute Gasteiger partial charge is 0.238 e. The molecule has 0 bridgehead atoms. The van der Waals surface area contributed by atoms with E-state index in [1.165, 1.54) is 0 Å². The molecule has 0 amide bonds. The van der Waals surface area contributed by atoms with E-state index in [2.05, 4.69) is 36.8 Å². The molecule has 0 unspecified atom stereocenters. The molecule has 88 valence electrons. The molecule has 0 aliphatic rings. The molecular formula is C11H7Br2ClN2O. The molecule has 0 radical (unpaired) electrons. The maximum Gasteiger partial charge on any atom is 0.238 e. The van der Waals surface area contributed by atoms with Crippen LogP contribution in [0.25, 0.3) is 0 Å². The van der Waals surface area contributed by atoms with E-state index >= 15 is 0 Å². The summed E-state index contributed by atoms with van der Waals surface area (Å²) in [6.07, 6.45) is 1.61. The molecule has 6 heteroatoms. The first-order valence-electron chi connectivity index (χ1n) is 4.61. The Morgan fingerprint density at radius 1 is 1.29 bits per heavy atom. The Morgan fingerprint density at radius 3 is 2.71 bits per heavy atom. The van der Waals surface area contributed by atoms with Gasteiger partial charge in [-0.05, 0) is 50.1 Å². The lowest BCUT2D eigenvalue weighted by Crippen LogP contribution is -1.95. The minimum Gasteiger partial charge on any atom is -0.434 e. The predicted octanol–water partition coefficient (Wildman–Crippen LogP) is 4.63. The van der Waals surface area contributed by atoms with Crippen LogP contribution in [-0.2, 0) is 0 Å². The van der Waals surface area contributed by atoms with E-state index in [4.69, 9.17) is 22.1 Å². The van der Waals surface area contributed by atoms with Gasteiger partial charge in [0.15, 0.2) is 5.75 Å². The molecule has 0 atom stereocenters. The summed E-state index contributed by atoms with van der Waals surface area (Å²) in [6.45, 7) is 0. The highest BCUT2D eigenvalue weighted by Crippen LogP contribution is 2.36. The maximum atomic E-state index is 6.01. The van der Waals surface area contributed by atoms with Gasteiger partial charge in [0, 0.05) is 10.7 Å². The van der Waals surface area contributed by atoms with E-state index in [-0.39, 0.29) is 0 Å². The van der Waals surface area contributed by atoms with Crippen molar-refractivity contribution in [3.8, 4) is 11.6 Å². The number of nitrogens with two attached hydrogens (primary N) is 1. The summed E-state index contributed by atoms with van der Waals surface area (Å²) in [4.78, 5) is 4.08. The van der Waals surface area contributed by atoms with Crippen LogP contribution in [0.5, 0.6) is 11.6 Å². The van der Waals surface area contributed by atoms with Crippen LogP contribution in [0.1, 0.15) is 0 Å². The number of pyridine rings is 1. The van der Waals surface area contributed by atoms with Crippen LogP contribution in [-0.4, -0.2) is 4.98 Å². The Kier molecular flexibility index (Phi) is 3.91. The van der Waals surface area contributed by atoms with Crippen LogP contribution in [0.2, 0.25) is 5.02 Å². The van der Waals surface area contributed by atoms with Gasteiger partial charge in [0.25, 0.3) is 0 Å². The monoisotopic (exact) mass is 376 g/mol. The third-order valence-electron chi connectivity index (χ3n) is 1.97.